The van der Waals surface area contributed by atoms with Crippen LogP contribution in [0.1, 0.15) is 54.4 Å². The van der Waals surface area contributed by atoms with E-state index in [1.807, 2.05) is 39.0 Å². The van der Waals surface area contributed by atoms with Crippen LogP contribution in [-0.2, 0) is 0 Å². The van der Waals surface area contributed by atoms with Crippen molar-refractivity contribution < 1.29 is 18.6 Å². The van der Waals surface area contributed by atoms with Crippen molar-refractivity contribution in [3.63, 3.8) is 0 Å². The highest BCUT2D eigenvalue weighted by Gasteiger charge is 2.19. The van der Waals surface area contributed by atoms with E-state index < -0.39 is 5.63 Å². The molecule has 0 amide bonds. The number of hydrogen-bond acceptors (Lipinski definition) is 5. The molecule has 2 rings (SSSR count). The molecule has 0 N–H and O–H groups in total. The largest absolute Gasteiger partial charge is 0.488 e. The van der Waals surface area contributed by atoms with Crippen molar-refractivity contribution in [2.24, 2.45) is 0 Å². The zero-order valence-corrected chi connectivity index (χ0v) is 18.5. The monoisotopic (exact) mass is 400 g/mol. The number of rotatable bonds is 8. The summed E-state index contributed by atoms with van der Waals surface area (Å²) in [6.07, 6.45) is 6.21. The summed E-state index contributed by atoms with van der Waals surface area (Å²) >= 11 is 0. The molecule has 0 saturated carbocycles. The molecule has 0 aliphatic carbocycles. The Hall–Kier alpha value is -2.69. The minimum Gasteiger partial charge on any atom is -0.488 e. The van der Waals surface area contributed by atoms with Crippen LogP contribution in [0.25, 0.3) is 11.0 Å². The fraction of sp³-hybridized carbons (Fsp3) is 0.458. The van der Waals surface area contributed by atoms with Crippen molar-refractivity contribution in [1.82, 2.24) is 0 Å². The van der Waals surface area contributed by atoms with Gasteiger partial charge in [-0.1, -0.05) is 17.2 Å². The number of methoxy groups -OCH3 is 1. The predicted molar refractivity (Wildman–Crippen MR) is 117 cm³/mol. The van der Waals surface area contributed by atoms with Crippen LogP contribution in [0.4, 0.5) is 0 Å². The van der Waals surface area contributed by atoms with Gasteiger partial charge in [0.15, 0.2) is 5.75 Å². The molecule has 0 aliphatic heterocycles. The third-order valence-corrected chi connectivity index (χ3v) is 4.17. The van der Waals surface area contributed by atoms with E-state index in [-0.39, 0.29) is 11.4 Å². The van der Waals surface area contributed by atoms with Crippen LogP contribution in [-0.4, -0.2) is 19.3 Å². The molecule has 0 fully saturated rings. The first-order valence-corrected chi connectivity index (χ1v) is 9.86. The molecule has 0 unspecified atom stereocenters. The average molecular weight is 401 g/mol. The van der Waals surface area contributed by atoms with E-state index in [1.165, 1.54) is 18.3 Å². The van der Waals surface area contributed by atoms with Gasteiger partial charge in [-0.05, 0) is 72.6 Å². The highest BCUT2D eigenvalue weighted by molar-refractivity contribution is 5.86. The van der Waals surface area contributed by atoms with Crippen molar-refractivity contribution in [3.05, 3.63) is 51.9 Å². The fourth-order valence-electron chi connectivity index (χ4n) is 2.83. The molecule has 1 heterocycles. The molecule has 5 nitrogen and oxygen atoms in total. The molecule has 0 saturated heterocycles. The summed E-state index contributed by atoms with van der Waals surface area (Å²) in [6, 6.07) is 5.36. The minimum atomic E-state index is -0.577. The van der Waals surface area contributed by atoms with Crippen LogP contribution in [0.5, 0.6) is 17.2 Å². The van der Waals surface area contributed by atoms with Crippen LogP contribution in [0.3, 0.4) is 0 Å². The Kier molecular flexibility index (Phi) is 7.54. The lowest BCUT2D eigenvalue weighted by Crippen LogP contribution is -2.22. The fourth-order valence-corrected chi connectivity index (χ4v) is 2.83. The molecule has 2 aromatic rings. The summed E-state index contributed by atoms with van der Waals surface area (Å²) in [5.41, 5.74) is 2.02. The molecular formula is C24H32O5. The van der Waals surface area contributed by atoms with E-state index in [0.717, 1.165) is 12.8 Å². The Bertz CT molecular complexity index is 954. The molecule has 0 atom stereocenters. The molecule has 0 bridgehead atoms. The molecule has 1 aromatic carbocycles. The Morgan fingerprint density at radius 1 is 1.10 bits per heavy atom. The van der Waals surface area contributed by atoms with Gasteiger partial charge in [-0.3, -0.25) is 0 Å². The van der Waals surface area contributed by atoms with E-state index in [0.29, 0.717) is 29.1 Å². The lowest BCUT2D eigenvalue weighted by Gasteiger charge is -2.21. The van der Waals surface area contributed by atoms with Crippen molar-refractivity contribution in [1.29, 1.82) is 0 Å². The van der Waals surface area contributed by atoms with E-state index in [9.17, 15) is 4.79 Å². The standard InChI is InChI=1S/C24H32O5/c1-16(2)9-8-10-17(3)13-14-27-21-19-12-11-18(29-24(4,5)6)15-20(19)28-23(25)22(21)26-7/h9,11-13,15H,8,10,14H2,1-7H3. The maximum atomic E-state index is 12.3. The van der Waals surface area contributed by atoms with Gasteiger partial charge in [-0.2, -0.15) is 0 Å². The molecule has 5 heteroatoms. The topological polar surface area (TPSA) is 57.9 Å². The third-order valence-electron chi connectivity index (χ3n) is 4.17. The van der Waals surface area contributed by atoms with E-state index in [4.69, 9.17) is 18.6 Å². The number of fused-ring (bicyclic) bond motifs is 1. The number of allylic oxidation sites excluding steroid dienone is 3. The highest BCUT2D eigenvalue weighted by Crippen LogP contribution is 2.35. The van der Waals surface area contributed by atoms with Gasteiger partial charge in [-0.15, -0.1) is 0 Å². The second-order valence-electron chi connectivity index (χ2n) is 8.31. The molecule has 158 valence electrons. The molecule has 0 radical (unpaired) electrons. The minimum absolute atomic E-state index is 0.0672. The van der Waals surface area contributed by atoms with Crippen molar-refractivity contribution in [2.45, 2.75) is 60.0 Å². The van der Waals surface area contributed by atoms with Crippen molar-refractivity contribution in [2.75, 3.05) is 13.7 Å². The summed E-state index contributed by atoms with van der Waals surface area (Å²) in [7, 11) is 1.43. The van der Waals surface area contributed by atoms with Crippen LogP contribution >= 0.6 is 0 Å². The van der Waals surface area contributed by atoms with Gasteiger partial charge in [0.2, 0.25) is 5.75 Å². The van der Waals surface area contributed by atoms with Crippen molar-refractivity contribution >= 4 is 11.0 Å². The van der Waals surface area contributed by atoms with Crippen LogP contribution < -0.4 is 19.8 Å². The first-order valence-electron chi connectivity index (χ1n) is 9.86. The molecule has 0 spiro atoms. The Labute approximate surface area is 173 Å². The predicted octanol–water partition coefficient (Wildman–Crippen LogP) is 6.05. The van der Waals surface area contributed by atoms with Gasteiger partial charge in [0.05, 0.1) is 12.5 Å². The summed E-state index contributed by atoms with van der Waals surface area (Å²) in [4.78, 5) is 12.3. The van der Waals surface area contributed by atoms with Gasteiger partial charge >= 0.3 is 5.63 Å². The van der Waals surface area contributed by atoms with Crippen molar-refractivity contribution in [3.8, 4) is 17.2 Å². The highest BCUT2D eigenvalue weighted by atomic mass is 16.5. The summed E-state index contributed by atoms with van der Waals surface area (Å²) < 4.78 is 22.5. The van der Waals surface area contributed by atoms with E-state index in [2.05, 4.69) is 26.8 Å². The van der Waals surface area contributed by atoms with Gasteiger partial charge in [-0.25, -0.2) is 4.79 Å². The Morgan fingerprint density at radius 3 is 2.45 bits per heavy atom. The number of benzene rings is 1. The number of ether oxygens (including phenoxy) is 3. The average Bonchev–Trinajstić information content (AvgIpc) is 2.59. The first kappa shape index (κ1) is 22.6. The summed E-state index contributed by atoms with van der Waals surface area (Å²) in [5.74, 6) is 1.08. The molecule has 29 heavy (non-hydrogen) atoms. The summed E-state index contributed by atoms with van der Waals surface area (Å²) in [6.45, 7) is 12.5. The van der Waals surface area contributed by atoms with E-state index in [1.54, 1.807) is 6.07 Å². The normalized spacial score (nSPS) is 12.0. The summed E-state index contributed by atoms with van der Waals surface area (Å²) in [5, 5.41) is 0.665. The van der Waals surface area contributed by atoms with E-state index >= 15 is 0 Å². The second kappa shape index (κ2) is 9.68. The third kappa shape index (κ3) is 6.70. The lowest BCUT2D eigenvalue weighted by molar-refractivity contribution is 0.131. The quantitative estimate of drug-likeness (QED) is 0.399. The molecular weight excluding hydrogens is 368 g/mol. The first-order chi connectivity index (χ1) is 13.6. The smallest absolute Gasteiger partial charge is 0.383 e. The zero-order chi connectivity index (χ0) is 21.6. The maximum absolute atomic E-state index is 12.3. The van der Waals surface area contributed by atoms with Crippen LogP contribution in [0.2, 0.25) is 0 Å². The van der Waals surface area contributed by atoms with Gasteiger partial charge < -0.3 is 18.6 Å². The van der Waals surface area contributed by atoms with Gasteiger partial charge in [0, 0.05) is 6.07 Å². The van der Waals surface area contributed by atoms with Gasteiger partial charge in [0.1, 0.15) is 23.5 Å². The lowest BCUT2D eigenvalue weighted by atomic mass is 10.1. The van der Waals surface area contributed by atoms with Crippen LogP contribution in [0.15, 0.2) is 50.7 Å². The number of hydrogen-bond donors (Lipinski definition) is 0. The zero-order valence-electron chi connectivity index (χ0n) is 18.5. The Balaban J connectivity index is 2.28. The molecule has 1 aromatic heterocycles. The molecule has 0 aliphatic rings. The Morgan fingerprint density at radius 2 is 1.83 bits per heavy atom. The van der Waals surface area contributed by atoms with Crippen LogP contribution in [0, 0.1) is 0 Å². The van der Waals surface area contributed by atoms with Gasteiger partial charge in [0.25, 0.3) is 0 Å². The maximum Gasteiger partial charge on any atom is 0.383 e. The SMILES string of the molecule is COc1c(OCC=C(C)CCC=C(C)C)c2ccc(OC(C)(C)C)cc2oc1=O. The second-order valence-corrected chi connectivity index (χ2v) is 8.31.